The summed E-state index contributed by atoms with van der Waals surface area (Å²) in [5.74, 6) is -0.373. The molecule has 26 heavy (non-hydrogen) atoms. The Hall–Kier alpha value is -1.80. The van der Waals surface area contributed by atoms with E-state index in [1.54, 1.807) is 31.2 Å². The van der Waals surface area contributed by atoms with Gasteiger partial charge in [-0.25, -0.2) is 8.42 Å². The van der Waals surface area contributed by atoms with Crippen LogP contribution in [0.3, 0.4) is 0 Å². The Morgan fingerprint density at radius 3 is 2.50 bits per heavy atom. The highest BCUT2D eigenvalue weighted by molar-refractivity contribution is 7.89. The normalized spacial score (nSPS) is 12.5. The van der Waals surface area contributed by atoms with Crippen LogP contribution in [0, 0.1) is 0 Å². The molecule has 0 bridgehead atoms. The van der Waals surface area contributed by atoms with E-state index in [1.165, 1.54) is 25.1 Å². The van der Waals surface area contributed by atoms with Crippen LogP contribution in [0.15, 0.2) is 47.4 Å². The lowest BCUT2D eigenvalue weighted by atomic mass is 10.3. The molecule has 6 nitrogen and oxygen atoms in total. The quantitative estimate of drug-likeness (QED) is 0.720. The molecule has 0 aliphatic carbocycles. The van der Waals surface area contributed by atoms with Crippen LogP contribution in [-0.4, -0.2) is 27.0 Å². The van der Waals surface area contributed by atoms with Crippen LogP contribution < -0.4 is 14.8 Å². The van der Waals surface area contributed by atoms with E-state index in [1.807, 2.05) is 0 Å². The van der Waals surface area contributed by atoms with E-state index in [0.29, 0.717) is 10.7 Å². The van der Waals surface area contributed by atoms with E-state index in [0.717, 1.165) is 0 Å². The van der Waals surface area contributed by atoms with Crippen molar-refractivity contribution in [1.82, 2.24) is 4.72 Å². The predicted octanol–water partition coefficient (Wildman–Crippen LogP) is 3.70. The van der Waals surface area contributed by atoms with Crippen molar-refractivity contribution in [2.24, 2.45) is 0 Å². The maximum atomic E-state index is 12.7. The molecule has 2 aromatic carbocycles. The van der Waals surface area contributed by atoms with Crippen LogP contribution in [-0.2, 0) is 14.8 Å². The van der Waals surface area contributed by atoms with Crippen molar-refractivity contribution in [2.75, 3.05) is 11.9 Å². The predicted molar refractivity (Wildman–Crippen MR) is 102 cm³/mol. The van der Waals surface area contributed by atoms with Crippen molar-refractivity contribution < 1.29 is 17.9 Å². The van der Waals surface area contributed by atoms with Crippen LogP contribution in [0.4, 0.5) is 5.69 Å². The highest BCUT2D eigenvalue weighted by Gasteiger charge is 2.25. The molecule has 2 rings (SSSR count). The molecule has 0 spiro atoms. The van der Waals surface area contributed by atoms with Gasteiger partial charge in [-0.3, -0.25) is 4.79 Å². The Bertz CT molecular complexity index is 903. The lowest BCUT2D eigenvalue weighted by Crippen LogP contribution is -2.41. The number of sulfonamides is 1. The smallest absolute Gasteiger partial charge is 0.245 e. The molecule has 0 aliphatic heterocycles. The van der Waals surface area contributed by atoms with Gasteiger partial charge >= 0.3 is 0 Å². The van der Waals surface area contributed by atoms with E-state index in [4.69, 9.17) is 27.9 Å². The molecule has 140 valence electrons. The van der Waals surface area contributed by atoms with Crippen molar-refractivity contribution in [3.8, 4) is 5.75 Å². The molecule has 2 N–H and O–H groups in total. The lowest BCUT2D eigenvalue weighted by Gasteiger charge is -2.16. The van der Waals surface area contributed by atoms with E-state index in [2.05, 4.69) is 10.0 Å². The first kappa shape index (κ1) is 20.5. The summed E-state index contributed by atoms with van der Waals surface area (Å²) in [6, 6.07) is 9.78. The van der Waals surface area contributed by atoms with Crippen LogP contribution >= 0.6 is 23.2 Å². The molecule has 1 unspecified atom stereocenters. The minimum Gasteiger partial charge on any atom is -0.492 e. The first-order valence-electron chi connectivity index (χ1n) is 7.74. The fourth-order valence-electron chi connectivity index (χ4n) is 2.13. The standard InChI is InChI=1S/C17H18Cl2N2O4S/c1-3-25-15-8-7-13(19)10-16(15)26(23,24)21-11(2)17(22)20-14-6-4-5-12(18)9-14/h4-11,21H,3H2,1-2H3,(H,20,22). The van der Waals surface area contributed by atoms with Crippen LogP contribution in [0.1, 0.15) is 13.8 Å². The Morgan fingerprint density at radius 1 is 1.15 bits per heavy atom. The molecule has 1 amide bonds. The van der Waals surface area contributed by atoms with Gasteiger partial charge in [0, 0.05) is 15.7 Å². The number of anilines is 1. The number of carbonyl (C=O) groups excluding carboxylic acids is 1. The second kappa shape index (κ2) is 8.73. The van der Waals surface area contributed by atoms with Gasteiger partial charge in [-0.15, -0.1) is 0 Å². The fraction of sp³-hybridized carbons (Fsp3) is 0.235. The van der Waals surface area contributed by atoms with Crippen molar-refractivity contribution in [1.29, 1.82) is 0 Å². The van der Waals surface area contributed by atoms with Crippen LogP contribution in [0.25, 0.3) is 0 Å². The minimum atomic E-state index is -4.03. The number of hydrogen-bond donors (Lipinski definition) is 2. The summed E-state index contributed by atoms with van der Waals surface area (Å²) in [6.45, 7) is 3.46. The summed E-state index contributed by atoms with van der Waals surface area (Å²) in [7, 11) is -4.03. The molecule has 0 saturated carbocycles. The van der Waals surface area contributed by atoms with E-state index >= 15 is 0 Å². The van der Waals surface area contributed by atoms with E-state index < -0.39 is 22.0 Å². The van der Waals surface area contributed by atoms with Crippen LogP contribution in [0.2, 0.25) is 10.0 Å². The number of nitrogens with one attached hydrogen (secondary N) is 2. The Kier molecular flexibility index (Phi) is 6.88. The fourth-order valence-corrected chi connectivity index (χ4v) is 3.93. The molecule has 1 atom stereocenters. The van der Waals surface area contributed by atoms with Gasteiger partial charge in [0.15, 0.2) is 0 Å². The molecule has 0 aliphatic rings. The first-order chi connectivity index (χ1) is 12.2. The maximum absolute atomic E-state index is 12.7. The minimum absolute atomic E-state index is 0.130. The number of halogens is 2. The van der Waals surface area contributed by atoms with Gasteiger partial charge in [-0.05, 0) is 50.2 Å². The Labute approximate surface area is 162 Å². The molecule has 0 aromatic heterocycles. The summed E-state index contributed by atoms with van der Waals surface area (Å²) < 4.78 is 33.0. The summed E-state index contributed by atoms with van der Waals surface area (Å²) in [5, 5.41) is 3.30. The molecule has 0 heterocycles. The highest BCUT2D eigenvalue weighted by Crippen LogP contribution is 2.27. The van der Waals surface area contributed by atoms with Crippen molar-refractivity contribution >= 4 is 44.8 Å². The zero-order valence-electron chi connectivity index (χ0n) is 14.1. The Balaban J connectivity index is 2.18. The number of rotatable bonds is 7. The van der Waals surface area contributed by atoms with E-state index in [-0.39, 0.29) is 22.3 Å². The third-order valence-corrected chi connectivity index (χ3v) is 5.34. The number of amides is 1. The molecular weight excluding hydrogens is 399 g/mol. The highest BCUT2D eigenvalue weighted by atomic mass is 35.5. The molecule has 2 aromatic rings. The third kappa shape index (κ3) is 5.35. The number of benzene rings is 2. The summed E-state index contributed by atoms with van der Waals surface area (Å²) in [6.07, 6.45) is 0. The lowest BCUT2D eigenvalue weighted by molar-refractivity contribution is -0.117. The van der Waals surface area contributed by atoms with Gasteiger partial charge < -0.3 is 10.1 Å². The topological polar surface area (TPSA) is 84.5 Å². The average Bonchev–Trinajstić information content (AvgIpc) is 2.56. The second-order valence-corrected chi connectivity index (χ2v) is 7.92. The largest absolute Gasteiger partial charge is 0.492 e. The van der Waals surface area contributed by atoms with Crippen LogP contribution in [0.5, 0.6) is 5.75 Å². The van der Waals surface area contributed by atoms with Gasteiger partial charge in [-0.2, -0.15) is 4.72 Å². The second-order valence-electron chi connectivity index (χ2n) is 5.37. The number of carbonyl (C=O) groups is 1. The SMILES string of the molecule is CCOc1ccc(Cl)cc1S(=O)(=O)NC(C)C(=O)Nc1cccc(Cl)c1. The number of ether oxygens (including phenoxy) is 1. The molecular formula is C17H18Cl2N2O4S. The molecule has 0 fully saturated rings. The Morgan fingerprint density at radius 2 is 1.85 bits per heavy atom. The van der Waals surface area contributed by atoms with Gasteiger partial charge in [0.25, 0.3) is 0 Å². The zero-order chi connectivity index (χ0) is 19.3. The number of hydrogen-bond acceptors (Lipinski definition) is 4. The van der Waals surface area contributed by atoms with Gasteiger partial charge in [0.1, 0.15) is 10.6 Å². The average molecular weight is 417 g/mol. The van der Waals surface area contributed by atoms with Gasteiger partial charge in [0.05, 0.1) is 12.6 Å². The summed E-state index contributed by atoms with van der Waals surface area (Å²) >= 11 is 11.8. The molecule has 9 heteroatoms. The third-order valence-electron chi connectivity index (χ3n) is 3.31. The van der Waals surface area contributed by atoms with Gasteiger partial charge in [0.2, 0.25) is 15.9 Å². The maximum Gasteiger partial charge on any atom is 0.245 e. The summed E-state index contributed by atoms with van der Waals surface area (Å²) in [4.78, 5) is 12.1. The van der Waals surface area contributed by atoms with E-state index in [9.17, 15) is 13.2 Å². The summed E-state index contributed by atoms with van der Waals surface area (Å²) in [5.41, 5.74) is 0.464. The van der Waals surface area contributed by atoms with Gasteiger partial charge in [-0.1, -0.05) is 29.3 Å². The van der Waals surface area contributed by atoms with Crippen molar-refractivity contribution in [2.45, 2.75) is 24.8 Å². The molecule has 0 saturated heterocycles. The van der Waals surface area contributed by atoms with Crippen molar-refractivity contribution in [3.05, 3.63) is 52.5 Å². The zero-order valence-corrected chi connectivity index (χ0v) is 16.5. The van der Waals surface area contributed by atoms with Crippen molar-refractivity contribution in [3.63, 3.8) is 0 Å². The first-order valence-corrected chi connectivity index (χ1v) is 9.98. The molecule has 0 radical (unpaired) electrons. The monoisotopic (exact) mass is 416 g/mol.